The van der Waals surface area contributed by atoms with Crippen LogP contribution in [-0.4, -0.2) is 25.4 Å². The van der Waals surface area contributed by atoms with E-state index in [1.807, 2.05) is 6.07 Å². The maximum absolute atomic E-state index is 5.83. The van der Waals surface area contributed by atoms with E-state index in [0.717, 1.165) is 56.8 Å². The monoisotopic (exact) mass is 292 g/mol. The van der Waals surface area contributed by atoms with Crippen LogP contribution in [0.2, 0.25) is 0 Å². The summed E-state index contributed by atoms with van der Waals surface area (Å²) in [4.78, 5) is 0. The second kappa shape index (κ2) is 8.28. The maximum Gasteiger partial charge on any atom is 0.161 e. The van der Waals surface area contributed by atoms with E-state index in [2.05, 4.69) is 32.9 Å². The molecule has 0 N–H and O–H groups in total. The summed E-state index contributed by atoms with van der Waals surface area (Å²) >= 11 is 0. The minimum Gasteiger partial charge on any atom is -0.490 e. The molecule has 0 aliphatic carbocycles. The molecule has 0 bridgehead atoms. The summed E-state index contributed by atoms with van der Waals surface area (Å²) in [6.45, 7) is 7.87. The van der Waals surface area contributed by atoms with Gasteiger partial charge in [-0.25, -0.2) is 0 Å². The van der Waals surface area contributed by atoms with Crippen LogP contribution in [0, 0.1) is 0 Å². The molecule has 1 aromatic carbocycles. The van der Waals surface area contributed by atoms with Crippen LogP contribution < -0.4 is 9.47 Å². The third kappa shape index (κ3) is 4.92. The molecule has 3 nitrogen and oxygen atoms in total. The van der Waals surface area contributed by atoms with Crippen LogP contribution in [0.3, 0.4) is 0 Å². The molecule has 3 heteroatoms. The molecule has 0 radical (unpaired) electrons. The van der Waals surface area contributed by atoms with Gasteiger partial charge in [0.05, 0.1) is 25.4 Å². The van der Waals surface area contributed by atoms with Gasteiger partial charge in [0.2, 0.25) is 0 Å². The molecule has 1 aromatic rings. The van der Waals surface area contributed by atoms with Crippen molar-refractivity contribution in [3.05, 3.63) is 23.8 Å². The van der Waals surface area contributed by atoms with Crippen LogP contribution in [0.15, 0.2) is 18.2 Å². The van der Waals surface area contributed by atoms with Gasteiger partial charge in [-0.2, -0.15) is 0 Å². The quantitative estimate of drug-likeness (QED) is 0.600. The molecular weight excluding hydrogens is 264 g/mol. The normalized spacial score (nSPS) is 20.3. The molecule has 1 aliphatic heterocycles. The van der Waals surface area contributed by atoms with Crippen LogP contribution >= 0.6 is 0 Å². The van der Waals surface area contributed by atoms with Crippen LogP contribution in [0.5, 0.6) is 11.5 Å². The Bertz CT molecular complexity index is 430. The number of hydrogen-bond acceptors (Lipinski definition) is 3. The zero-order chi connectivity index (χ0) is 15.1. The van der Waals surface area contributed by atoms with Gasteiger partial charge in [-0.15, -0.1) is 0 Å². The SMILES string of the molecule is CCCOc1ccc(CCC2OC2CC)cc1OCCC. The van der Waals surface area contributed by atoms with Gasteiger partial charge in [0.25, 0.3) is 0 Å². The third-order valence-corrected chi connectivity index (χ3v) is 3.74. The number of benzene rings is 1. The van der Waals surface area contributed by atoms with Gasteiger partial charge in [-0.1, -0.05) is 26.8 Å². The van der Waals surface area contributed by atoms with Crippen LogP contribution in [0.1, 0.15) is 52.0 Å². The predicted molar refractivity (Wildman–Crippen MR) is 85.3 cm³/mol. The highest BCUT2D eigenvalue weighted by Gasteiger charge is 2.35. The van der Waals surface area contributed by atoms with E-state index < -0.39 is 0 Å². The Hall–Kier alpha value is -1.22. The molecule has 2 unspecified atom stereocenters. The van der Waals surface area contributed by atoms with Gasteiger partial charge in [-0.3, -0.25) is 0 Å². The van der Waals surface area contributed by atoms with Crippen molar-refractivity contribution in [2.75, 3.05) is 13.2 Å². The van der Waals surface area contributed by atoms with E-state index in [-0.39, 0.29) is 0 Å². The lowest BCUT2D eigenvalue weighted by Crippen LogP contribution is -2.02. The Balaban J connectivity index is 1.94. The molecule has 1 aliphatic rings. The summed E-state index contributed by atoms with van der Waals surface area (Å²) in [6.07, 6.45) is 6.23. The number of hydrogen-bond donors (Lipinski definition) is 0. The van der Waals surface area contributed by atoms with Crippen molar-refractivity contribution < 1.29 is 14.2 Å². The zero-order valence-corrected chi connectivity index (χ0v) is 13.6. The van der Waals surface area contributed by atoms with Gasteiger partial charge in [0.15, 0.2) is 11.5 Å². The highest BCUT2D eigenvalue weighted by atomic mass is 16.6. The number of epoxide rings is 1. The van der Waals surface area contributed by atoms with Gasteiger partial charge in [0.1, 0.15) is 0 Å². The number of rotatable bonds is 10. The smallest absolute Gasteiger partial charge is 0.161 e. The Morgan fingerprint density at radius 1 is 0.952 bits per heavy atom. The van der Waals surface area contributed by atoms with Crippen molar-refractivity contribution in [2.24, 2.45) is 0 Å². The fourth-order valence-corrected chi connectivity index (χ4v) is 2.47. The van der Waals surface area contributed by atoms with Gasteiger partial charge in [-0.05, 0) is 49.8 Å². The average molecular weight is 292 g/mol. The lowest BCUT2D eigenvalue weighted by Gasteiger charge is -2.13. The first-order valence-electron chi connectivity index (χ1n) is 8.32. The molecule has 1 fully saturated rings. The lowest BCUT2D eigenvalue weighted by molar-refractivity contribution is 0.268. The summed E-state index contributed by atoms with van der Waals surface area (Å²) in [5.41, 5.74) is 1.30. The topological polar surface area (TPSA) is 31.0 Å². The first kappa shape index (κ1) is 16.2. The minimum atomic E-state index is 0.464. The molecule has 2 atom stereocenters. The summed E-state index contributed by atoms with van der Waals surface area (Å²) in [5, 5.41) is 0. The van der Waals surface area contributed by atoms with Crippen molar-refractivity contribution in [3.63, 3.8) is 0 Å². The van der Waals surface area contributed by atoms with Crippen molar-refractivity contribution in [3.8, 4) is 11.5 Å². The molecule has 0 amide bonds. The van der Waals surface area contributed by atoms with Gasteiger partial charge >= 0.3 is 0 Å². The standard InChI is InChI=1S/C18H28O3/c1-4-11-19-16-9-7-14(13-18(16)20-12-5-2)8-10-17-15(6-3)21-17/h7,9,13,15,17H,4-6,8,10-12H2,1-3H3. The molecule has 1 heterocycles. The number of ether oxygens (including phenoxy) is 3. The molecule has 118 valence electrons. The first-order chi connectivity index (χ1) is 10.3. The van der Waals surface area contributed by atoms with Crippen molar-refractivity contribution in [1.29, 1.82) is 0 Å². The fourth-order valence-electron chi connectivity index (χ4n) is 2.47. The summed E-state index contributed by atoms with van der Waals surface area (Å²) < 4.78 is 17.2. The van der Waals surface area contributed by atoms with Crippen LogP contribution in [0.4, 0.5) is 0 Å². The van der Waals surface area contributed by atoms with E-state index in [9.17, 15) is 0 Å². The van der Waals surface area contributed by atoms with E-state index in [1.54, 1.807) is 0 Å². The van der Waals surface area contributed by atoms with E-state index in [0.29, 0.717) is 12.2 Å². The largest absolute Gasteiger partial charge is 0.490 e. The van der Waals surface area contributed by atoms with Crippen molar-refractivity contribution in [2.45, 2.75) is 65.1 Å². The Kier molecular flexibility index (Phi) is 6.37. The average Bonchev–Trinajstić information content (AvgIpc) is 3.28. The second-order valence-electron chi connectivity index (χ2n) is 5.64. The van der Waals surface area contributed by atoms with E-state index >= 15 is 0 Å². The highest BCUT2D eigenvalue weighted by Crippen LogP contribution is 2.32. The van der Waals surface area contributed by atoms with Crippen molar-refractivity contribution >= 4 is 0 Å². The number of aryl methyl sites for hydroxylation is 1. The minimum absolute atomic E-state index is 0.464. The molecule has 0 aromatic heterocycles. The fraction of sp³-hybridized carbons (Fsp3) is 0.667. The lowest BCUT2D eigenvalue weighted by atomic mass is 10.1. The summed E-state index contributed by atoms with van der Waals surface area (Å²) in [6, 6.07) is 6.32. The molecule has 0 saturated carbocycles. The zero-order valence-electron chi connectivity index (χ0n) is 13.6. The summed E-state index contributed by atoms with van der Waals surface area (Å²) in [5.74, 6) is 1.75. The first-order valence-corrected chi connectivity index (χ1v) is 8.32. The van der Waals surface area contributed by atoms with Crippen LogP contribution in [-0.2, 0) is 11.2 Å². The van der Waals surface area contributed by atoms with E-state index in [4.69, 9.17) is 14.2 Å². The summed E-state index contributed by atoms with van der Waals surface area (Å²) in [7, 11) is 0. The third-order valence-electron chi connectivity index (χ3n) is 3.74. The Morgan fingerprint density at radius 3 is 2.29 bits per heavy atom. The molecule has 0 spiro atoms. The van der Waals surface area contributed by atoms with Gasteiger partial charge in [0, 0.05) is 0 Å². The Morgan fingerprint density at radius 2 is 1.67 bits per heavy atom. The Labute approximate surface area is 128 Å². The van der Waals surface area contributed by atoms with Crippen molar-refractivity contribution in [1.82, 2.24) is 0 Å². The molecule has 21 heavy (non-hydrogen) atoms. The predicted octanol–water partition coefficient (Wildman–Crippen LogP) is 4.37. The van der Waals surface area contributed by atoms with Crippen LogP contribution in [0.25, 0.3) is 0 Å². The molecule has 2 rings (SSSR count). The second-order valence-corrected chi connectivity index (χ2v) is 5.64. The molecular formula is C18H28O3. The maximum atomic E-state index is 5.83. The van der Waals surface area contributed by atoms with Gasteiger partial charge < -0.3 is 14.2 Å². The highest BCUT2D eigenvalue weighted by molar-refractivity contribution is 5.43. The van der Waals surface area contributed by atoms with E-state index in [1.165, 1.54) is 5.56 Å². The molecule has 1 saturated heterocycles.